The van der Waals surface area contributed by atoms with Crippen LogP contribution in [0.4, 0.5) is 0 Å². The van der Waals surface area contributed by atoms with Gasteiger partial charge in [0, 0.05) is 38.4 Å². The molecule has 7 nitrogen and oxygen atoms in total. The first-order valence-electron chi connectivity index (χ1n) is 6.99. The van der Waals surface area contributed by atoms with Crippen molar-refractivity contribution in [2.45, 2.75) is 36.9 Å². The summed E-state index contributed by atoms with van der Waals surface area (Å²) in [5.74, 6) is 0. The molecular formula is C12H21ClN4O3S. The minimum absolute atomic E-state index is 0. The third kappa shape index (κ3) is 3.24. The van der Waals surface area contributed by atoms with E-state index in [1.54, 1.807) is 10.9 Å². The number of nitrogens with one attached hydrogen (secondary N) is 1. The molecule has 0 aromatic carbocycles. The number of morpholine rings is 1. The first kappa shape index (κ1) is 16.7. The number of aromatic nitrogens is 2. The van der Waals surface area contributed by atoms with Crippen molar-refractivity contribution in [2.75, 3.05) is 26.2 Å². The van der Waals surface area contributed by atoms with E-state index >= 15 is 0 Å². The number of nitrogens with zero attached hydrogens (tertiary/aromatic N) is 3. The Morgan fingerprint density at radius 3 is 3.00 bits per heavy atom. The lowest BCUT2D eigenvalue weighted by Gasteiger charge is -2.25. The highest BCUT2D eigenvalue weighted by Gasteiger charge is 2.41. The van der Waals surface area contributed by atoms with Gasteiger partial charge in [0.15, 0.2) is 0 Å². The van der Waals surface area contributed by atoms with Crippen molar-refractivity contribution in [2.24, 2.45) is 0 Å². The maximum Gasteiger partial charge on any atom is 0.246 e. The Bertz CT molecular complexity index is 563. The molecule has 1 aromatic heterocycles. The van der Waals surface area contributed by atoms with Gasteiger partial charge in [-0.3, -0.25) is 4.68 Å². The van der Waals surface area contributed by atoms with Crippen molar-refractivity contribution >= 4 is 22.4 Å². The Morgan fingerprint density at radius 2 is 2.29 bits per heavy atom. The van der Waals surface area contributed by atoms with Gasteiger partial charge in [0.25, 0.3) is 0 Å². The largest absolute Gasteiger partial charge is 0.374 e. The number of halogens is 1. The van der Waals surface area contributed by atoms with E-state index in [9.17, 15) is 8.42 Å². The van der Waals surface area contributed by atoms with Crippen LogP contribution in [0.1, 0.15) is 13.3 Å². The molecule has 2 saturated heterocycles. The zero-order valence-corrected chi connectivity index (χ0v) is 13.6. The molecule has 9 heteroatoms. The van der Waals surface area contributed by atoms with E-state index in [4.69, 9.17) is 4.74 Å². The Labute approximate surface area is 131 Å². The fraction of sp³-hybridized carbons (Fsp3) is 0.750. The number of rotatable bonds is 4. The minimum Gasteiger partial charge on any atom is -0.374 e. The Hall–Kier alpha value is -0.670. The van der Waals surface area contributed by atoms with Crippen LogP contribution in [0.25, 0.3) is 0 Å². The summed E-state index contributed by atoms with van der Waals surface area (Å²) in [6.07, 6.45) is 3.92. The Balaban J connectivity index is 0.00000161. The summed E-state index contributed by atoms with van der Waals surface area (Å²) < 4.78 is 34.0. The van der Waals surface area contributed by atoms with Gasteiger partial charge >= 0.3 is 0 Å². The molecule has 2 aliphatic rings. The molecule has 0 saturated carbocycles. The number of fused-ring (bicyclic) bond motifs is 1. The van der Waals surface area contributed by atoms with Crippen molar-refractivity contribution in [3.05, 3.63) is 12.4 Å². The molecule has 0 amide bonds. The van der Waals surface area contributed by atoms with E-state index in [1.165, 1.54) is 10.5 Å². The van der Waals surface area contributed by atoms with Crippen molar-refractivity contribution < 1.29 is 13.2 Å². The van der Waals surface area contributed by atoms with Crippen LogP contribution in [0.15, 0.2) is 17.3 Å². The van der Waals surface area contributed by atoms with E-state index < -0.39 is 10.0 Å². The summed E-state index contributed by atoms with van der Waals surface area (Å²) in [5.41, 5.74) is 0. The highest BCUT2D eigenvalue weighted by Crippen LogP contribution is 2.23. The maximum atomic E-state index is 12.6. The van der Waals surface area contributed by atoms with Crippen LogP contribution < -0.4 is 5.32 Å². The standard InChI is InChI=1S/C12H20N4O3S.ClH/c1-2-4-15-7-10(6-14-15)20(17,18)16-8-11-12(9-16)19-5-3-13-11;/h6-7,11-13H,2-5,8-9H2,1H3;1H/t11-,12-;/m0./s1. The molecule has 2 atom stereocenters. The first-order valence-corrected chi connectivity index (χ1v) is 8.43. The molecule has 2 fully saturated rings. The summed E-state index contributed by atoms with van der Waals surface area (Å²) in [4.78, 5) is 0.268. The van der Waals surface area contributed by atoms with Crippen molar-refractivity contribution in [3.8, 4) is 0 Å². The summed E-state index contributed by atoms with van der Waals surface area (Å²) in [6.45, 7) is 5.06. The van der Waals surface area contributed by atoms with E-state index in [-0.39, 0.29) is 29.4 Å². The number of aryl methyl sites for hydroxylation is 1. The van der Waals surface area contributed by atoms with Crippen molar-refractivity contribution in [3.63, 3.8) is 0 Å². The van der Waals surface area contributed by atoms with E-state index in [1.807, 2.05) is 6.92 Å². The lowest BCUT2D eigenvalue weighted by atomic mass is 10.2. The molecule has 3 heterocycles. The predicted molar refractivity (Wildman–Crippen MR) is 80.1 cm³/mol. The highest BCUT2D eigenvalue weighted by atomic mass is 35.5. The third-order valence-electron chi connectivity index (χ3n) is 3.77. The summed E-state index contributed by atoms with van der Waals surface area (Å²) in [7, 11) is -3.46. The van der Waals surface area contributed by atoms with Crippen LogP contribution in [-0.2, 0) is 21.3 Å². The monoisotopic (exact) mass is 336 g/mol. The van der Waals surface area contributed by atoms with Gasteiger partial charge < -0.3 is 10.1 Å². The molecule has 2 aliphatic heterocycles. The van der Waals surface area contributed by atoms with Gasteiger partial charge in [0.2, 0.25) is 10.0 Å². The van der Waals surface area contributed by atoms with Crippen LogP contribution in [0.2, 0.25) is 0 Å². The number of sulfonamides is 1. The number of hydrogen-bond donors (Lipinski definition) is 1. The van der Waals surface area contributed by atoms with Gasteiger partial charge in [-0.05, 0) is 6.42 Å². The molecule has 0 unspecified atom stereocenters. The van der Waals surface area contributed by atoms with Crippen LogP contribution in [0, 0.1) is 0 Å². The van der Waals surface area contributed by atoms with Gasteiger partial charge in [-0.15, -0.1) is 12.4 Å². The summed E-state index contributed by atoms with van der Waals surface area (Å²) in [6, 6.07) is 0.101. The predicted octanol–water partition coefficient (Wildman–Crippen LogP) is 0.0762. The summed E-state index contributed by atoms with van der Waals surface area (Å²) >= 11 is 0. The molecule has 0 spiro atoms. The Kier molecular flexibility index (Phi) is 5.26. The fourth-order valence-corrected chi connectivity index (χ4v) is 4.17. The zero-order valence-electron chi connectivity index (χ0n) is 11.9. The normalized spacial score (nSPS) is 26.3. The number of hydrogen-bond acceptors (Lipinski definition) is 5. The van der Waals surface area contributed by atoms with Gasteiger partial charge in [0.05, 0.1) is 18.9 Å². The van der Waals surface area contributed by atoms with Gasteiger partial charge in [0.1, 0.15) is 4.90 Å². The van der Waals surface area contributed by atoms with E-state index in [0.29, 0.717) is 19.7 Å². The second-order valence-electron chi connectivity index (χ2n) is 5.23. The van der Waals surface area contributed by atoms with Gasteiger partial charge in [-0.25, -0.2) is 8.42 Å². The maximum absolute atomic E-state index is 12.6. The van der Waals surface area contributed by atoms with Crippen LogP contribution >= 0.6 is 12.4 Å². The highest BCUT2D eigenvalue weighted by molar-refractivity contribution is 7.89. The first-order chi connectivity index (χ1) is 9.61. The molecule has 120 valence electrons. The molecule has 0 aliphatic carbocycles. The SMILES string of the molecule is CCCn1cc(S(=O)(=O)N2C[C@@H]3NCCO[C@H]3C2)cn1.Cl. The quantitative estimate of drug-likeness (QED) is 0.842. The van der Waals surface area contributed by atoms with Crippen LogP contribution in [0.5, 0.6) is 0 Å². The minimum atomic E-state index is -3.46. The molecule has 0 bridgehead atoms. The van der Waals surface area contributed by atoms with Gasteiger partial charge in [-0.2, -0.15) is 9.40 Å². The van der Waals surface area contributed by atoms with E-state index in [0.717, 1.165) is 19.5 Å². The molecule has 21 heavy (non-hydrogen) atoms. The smallest absolute Gasteiger partial charge is 0.246 e. The van der Waals surface area contributed by atoms with Crippen LogP contribution in [-0.4, -0.2) is 60.9 Å². The number of ether oxygens (including phenoxy) is 1. The molecule has 1 N–H and O–H groups in total. The van der Waals surface area contributed by atoms with Gasteiger partial charge in [-0.1, -0.05) is 6.92 Å². The molecule has 1 aromatic rings. The average Bonchev–Trinajstić information content (AvgIpc) is 3.05. The summed E-state index contributed by atoms with van der Waals surface area (Å²) in [5, 5.41) is 7.41. The third-order valence-corrected chi connectivity index (χ3v) is 5.56. The lowest BCUT2D eigenvalue weighted by Crippen LogP contribution is -2.47. The van der Waals surface area contributed by atoms with Crippen molar-refractivity contribution in [1.29, 1.82) is 0 Å². The second-order valence-corrected chi connectivity index (χ2v) is 7.17. The average molecular weight is 337 g/mol. The second kappa shape index (κ2) is 6.62. The molecule has 0 radical (unpaired) electrons. The van der Waals surface area contributed by atoms with E-state index in [2.05, 4.69) is 10.4 Å². The lowest BCUT2D eigenvalue weighted by molar-refractivity contribution is 0.0194. The Morgan fingerprint density at radius 1 is 1.48 bits per heavy atom. The fourth-order valence-electron chi connectivity index (χ4n) is 2.73. The molecule has 3 rings (SSSR count). The zero-order chi connectivity index (χ0) is 14.2. The topological polar surface area (TPSA) is 76.5 Å². The van der Waals surface area contributed by atoms with Crippen LogP contribution in [0.3, 0.4) is 0 Å². The molecular weight excluding hydrogens is 316 g/mol. The van der Waals surface area contributed by atoms with Crippen molar-refractivity contribution in [1.82, 2.24) is 19.4 Å².